The molecule has 124 valence electrons. The Hall–Kier alpha value is -1.53. The second kappa shape index (κ2) is 6.93. The maximum absolute atomic E-state index is 5.62. The van der Waals surface area contributed by atoms with Crippen LogP contribution in [-0.2, 0) is 6.67 Å². The molecule has 1 aliphatic heterocycles. The lowest BCUT2D eigenvalue weighted by molar-refractivity contribution is 0.0996. The van der Waals surface area contributed by atoms with Crippen molar-refractivity contribution < 1.29 is 0 Å². The monoisotopic (exact) mass is 331 g/mol. The van der Waals surface area contributed by atoms with E-state index in [2.05, 4.69) is 54.3 Å². The molecule has 0 spiro atoms. The van der Waals surface area contributed by atoms with Gasteiger partial charge in [0.05, 0.1) is 12.4 Å². The van der Waals surface area contributed by atoms with Crippen LogP contribution < -0.4 is 0 Å². The summed E-state index contributed by atoms with van der Waals surface area (Å²) in [4.78, 5) is 2.49. The van der Waals surface area contributed by atoms with Gasteiger partial charge in [0, 0.05) is 12.6 Å². The summed E-state index contributed by atoms with van der Waals surface area (Å²) in [6.07, 6.45) is 5.04. The molecule has 1 aromatic carbocycles. The predicted molar refractivity (Wildman–Crippen MR) is 94.3 cm³/mol. The van der Waals surface area contributed by atoms with Gasteiger partial charge in [-0.05, 0) is 67.4 Å². The molecule has 0 radical (unpaired) electrons. The van der Waals surface area contributed by atoms with Crippen LogP contribution in [0.3, 0.4) is 0 Å². The molecule has 6 heteroatoms. The number of nitrogens with zero attached hydrogens (tertiary/aromatic N) is 5. The average molecular weight is 331 g/mol. The Bertz CT molecular complexity index is 733. The maximum atomic E-state index is 5.62. The van der Waals surface area contributed by atoms with Crippen LogP contribution in [0.25, 0.3) is 5.69 Å². The van der Waals surface area contributed by atoms with E-state index in [1.54, 1.807) is 4.68 Å². The Morgan fingerprint density at radius 3 is 2.78 bits per heavy atom. The lowest BCUT2D eigenvalue weighted by atomic mass is 10.0. The summed E-state index contributed by atoms with van der Waals surface area (Å²) in [7, 11) is 0. The van der Waals surface area contributed by atoms with Crippen LogP contribution >= 0.6 is 12.2 Å². The van der Waals surface area contributed by atoms with Gasteiger partial charge in [-0.2, -0.15) is 4.68 Å². The average Bonchev–Trinajstić information content (AvgIpc) is 2.89. The minimum absolute atomic E-state index is 0.636. The summed E-state index contributed by atoms with van der Waals surface area (Å²) in [5.41, 5.74) is 3.42. The number of aryl methyl sites for hydroxylation is 2. The molecule has 5 nitrogen and oxygen atoms in total. The van der Waals surface area contributed by atoms with Gasteiger partial charge in [-0.3, -0.25) is 4.90 Å². The van der Waals surface area contributed by atoms with E-state index in [1.165, 1.54) is 31.2 Å². The standard InChI is InChI=1S/C17H25N5S/c1-4-15-7-5-6-10-20(15)12-21-17(23)22(19-18-21)16-9-8-13(2)11-14(16)3/h8-9,11,15H,4-7,10,12H2,1-3H3. The van der Waals surface area contributed by atoms with Crippen molar-refractivity contribution in [2.45, 2.75) is 59.2 Å². The zero-order chi connectivity index (χ0) is 16.4. The molecule has 0 bridgehead atoms. The van der Waals surface area contributed by atoms with Crippen LogP contribution in [0.15, 0.2) is 18.2 Å². The molecule has 1 aliphatic rings. The quantitative estimate of drug-likeness (QED) is 0.802. The first kappa shape index (κ1) is 16.3. The van der Waals surface area contributed by atoms with Gasteiger partial charge in [-0.1, -0.05) is 31.0 Å². The van der Waals surface area contributed by atoms with Gasteiger partial charge in [0.25, 0.3) is 0 Å². The second-order valence-electron chi connectivity index (χ2n) is 6.47. The van der Waals surface area contributed by atoms with Crippen LogP contribution in [0.1, 0.15) is 43.7 Å². The van der Waals surface area contributed by atoms with Crippen molar-refractivity contribution in [1.82, 2.24) is 24.7 Å². The highest BCUT2D eigenvalue weighted by atomic mass is 32.1. The Labute approximate surface area is 142 Å². The zero-order valence-corrected chi connectivity index (χ0v) is 15.0. The summed E-state index contributed by atoms with van der Waals surface area (Å²) in [6.45, 7) is 8.29. The van der Waals surface area contributed by atoms with Crippen molar-refractivity contribution in [2.24, 2.45) is 0 Å². The Kier molecular flexibility index (Phi) is 4.92. The van der Waals surface area contributed by atoms with Crippen LogP contribution in [0, 0.1) is 18.6 Å². The predicted octanol–water partition coefficient (Wildman–Crippen LogP) is 3.64. The van der Waals surface area contributed by atoms with E-state index in [0.717, 1.165) is 24.5 Å². The number of hydrogen-bond acceptors (Lipinski definition) is 4. The zero-order valence-electron chi connectivity index (χ0n) is 14.2. The highest BCUT2D eigenvalue weighted by Gasteiger charge is 2.22. The van der Waals surface area contributed by atoms with Crippen molar-refractivity contribution in [3.8, 4) is 5.69 Å². The van der Waals surface area contributed by atoms with Gasteiger partial charge in [-0.15, -0.1) is 0 Å². The van der Waals surface area contributed by atoms with Crippen LogP contribution in [-0.4, -0.2) is 37.3 Å². The third-order valence-corrected chi connectivity index (χ3v) is 5.14. The molecule has 0 aliphatic carbocycles. The number of benzene rings is 1. The summed E-state index contributed by atoms with van der Waals surface area (Å²) < 4.78 is 4.29. The van der Waals surface area contributed by atoms with Crippen LogP contribution in [0.5, 0.6) is 0 Å². The molecule has 2 aromatic rings. The number of piperidine rings is 1. The Morgan fingerprint density at radius 1 is 1.22 bits per heavy atom. The number of tetrazole rings is 1. The van der Waals surface area contributed by atoms with E-state index in [4.69, 9.17) is 12.2 Å². The summed E-state index contributed by atoms with van der Waals surface area (Å²) >= 11 is 5.62. The van der Waals surface area contributed by atoms with E-state index in [0.29, 0.717) is 10.8 Å². The minimum atomic E-state index is 0.636. The molecule has 23 heavy (non-hydrogen) atoms. The van der Waals surface area contributed by atoms with Crippen molar-refractivity contribution in [3.05, 3.63) is 34.1 Å². The molecular weight excluding hydrogens is 306 g/mol. The Morgan fingerprint density at radius 2 is 2.04 bits per heavy atom. The molecule has 1 fully saturated rings. The maximum Gasteiger partial charge on any atom is 0.221 e. The number of likely N-dealkylation sites (tertiary alicyclic amines) is 1. The van der Waals surface area contributed by atoms with Crippen molar-refractivity contribution in [1.29, 1.82) is 0 Å². The molecule has 1 unspecified atom stereocenters. The van der Waals surface area contributed by atoms with Gasteiger partial charge in [0.15, 0.2) is 0 Å². The fourth-order valence-electron chi connectivity index (χ4n) is 3.44. The number of hydrogen-bond donors (Lipinski definition) is 0. The fourth-order valence-corrected chi connectivity index (χ4v) is 3.67. The summed E-state index contributed by atoms with van der Waals surface area (Å²) in [6, 6.07) is 6.93. The highest BCUT2D eigenvalue weighted by molar-refractivity contribution is 7.71. The molecule has 1 aromatic heterocycles. The molecule has 3 rings (SSSR count). The van der Waals surface area contributed by atoms with Gasteiger partial charge in [-0.25, -0.2) is 4.68 Å². The first-order valence-electron chi connectivity index (χ1n) is 8.44. The summed E-state index contributed by atoms with van der Waals surface area (Å²) in [5.74, 6) is 0. The minimum Gasteiger partial charge on any atom is -0.281 e. The smallest absolute Gasteiger partial charge is 0.221 e. The first-order chi connectivity index (χ1) is 11.1. The second-order valence-corrected chi connectivity index (χ2v) is 6.84. The molecule has 0 N–H and O–H groups in total. The van der Waals surface area contributed by atoms with E-state index in [9.17, 15) is 0 Å². The summed E-state index contributed by atoms with van der Waals surface area (Å²) in [5, 5.41) is 8.59. The third kappa shape index (κ3) is 3.38. The normalized spacial score (nSPS) is 19.2. The SMILES string of the molecule is CCC1CCCCN1Cn1nnn(-c2ccc(C)cc2C)c1=S. The lowest BCUT2D eigenvalue weighted by Crippen LogP contribution is -2.40. The first-order valence-corrected chi connectivity index (χ1v) is 8.85. The van der Waals surface area contributed by atoms with Crippen LogP contribution in [0.2, 0.25) is 0 Å². The molecule has 1 saturated heterocycles. The van der Waals surface area contributed by atoms with E-state index >= 15 is 0 Å². The van der Waals surface area contributed by atoms with E-state index < -0.39 is 0 Å². The molecular formula is C17H25N5S. The molecule has 2 heterocycles. The highest BCUT2D eigenvalue weighted by Crippen LogP contribution is 2.20. The number of rotatable bonds is 4. The van der Waals surface area contributed by atoms with E-state index in [1.807, 2.05) is 4.68 Å². The number of aromatic nitrogens is 4. The van der Waals surface area contributed by atoms with Crippen molar-refractivity contribution in [3.63, 3.8) is 0 Å². The van der Waals surface area contributed by atoms with Gasteiger partial charge < -0.3 is 0 Å². The molecule has 0 amide bonds. The van der Waals surface area contributed by atoms with Gasteiger partial charge >= 0.3 is 0 Å². The topological polar surface area (TPSA) is 38.9 Å². The lowest BCUT2D eigenvalue weighted by Gasteiger charge is -2.34. The van der Waals surface area contributed by atoms with Gasteiger partial charge in [0.2, 0.25) is 4.77 Å². The van der Waals surface area contributed by atoms with E-state index in [-0.39, 0.29) is 0 Å². The van der Waals surface area contributed by atoms with Crippen molar-refractivity contribution in [2.75, 3.05) is 6.54 Å². The molecule has 0 saturated carbocycles. The van der Waals surface area contributed by atoms with Crippen LogP contribution in [0.4, 0.5) is 0 Å². The Balaban J connectivity index is 1.86. The molecule has 1 atom stereocenters. The van der Waals surface area contributed by atoms with Crippen molar-refractivity contribution >= 4 is 12.2 Å². The van der Waals surface area contributed by atoms with Gasteiger partial charge in [0.1, 0.15) is 0 Å². The largest absolute Gasteiger partial charge is 0.281 e. The third-order valence-electron chi connectivity index (χ3n) is 4.76. The fraction of sp³-hybridized carbons (Fsp3) is 0.588.